The third kappa shape index (κ3) is 3.19. The molecule has 0 aromatic carbocycles. The Bertz CT molecular complexity index is 108. The molecule has 2 heteroatoms. The number of alkyl halides is 1. The molecule has 66 valence electrons. The lowest BCUT2D eigenvalue weighted by Crippen LogP contribution is -2.48. The van der Waals surface area contributed by atoms with Gasteiger partial charge in [0.15, 0.2) is 0 Å². The second-order valence-electron chi connectivity index (χ2n) is 3.89. The fourth-order valence-corrected chi connectivity index (χ4v) is 1.41. The van der Waals surface area contributed by atoms with Gasteiger partial charge in [-0.1, -0.05) is 13.8 Å². The fourth-order valence-electron chi connectivity index (χ4n) is 1.41. The summed E-state index contributed by atoms with van der Waals surface area (Å²) < 4.78 is 12.3. The highest BCUT2D eigenvalue weighted by Gasteiger charge is 2.24. The van der Waals surface area contributed by atoms with E-state index in [4.69, 9.17) is 0 Å². The molecule has 1 rings (SSSR count). The average Bonchev–Trinajstić information content (AvgIpc) is 1.83. The standard InChI is InChI=1S/C9H18FN/c1-8(2)4-3-5-11-6-9(10)7-11/h8-9H,3-7H2,1-2H3. The zero-order chi connectivity index (χ0) is 8.27. The molecule has 0 atom stereocenters. The minimum Gasteiger partial charge on any atom is -0.297 e. The zero-order valence-electron chi connectivity index (χ0n) is 7.52. The summed E-state index contributed by atoms with van der Waals surface area (Å²) in [6.07, 6.45) is 1.96. The summed E-state index contributed by atoms with van der Waals surface area (Å²) in [5.74, 6) is 0.789. The van der Waals surface area contributed by atoms with E-state index in [1.54, 1.807) is 0 Å². The Morgan fingerprint density at radius 1 is 1.45 bits per heavy atom. The maximum absolute atomic E-state index is 12.3. The Hall–Kier alpha value is -0.110. The molecule has 0 aliphatic carbocycles. The summed E-state index contributed by atoms with van der Waals surface area (Å²) in [4.78, 5) is 2.19. The van der Waals surface area contributed by atoms with Crippen molar-refractivity contribution < 1.29 is 4.39 Å². The van der Waals surface area contributed by atoms with Gasteiger partial charge in [-0.3, -0.25) is 4.90 Å². The normalized spacial score (nSPS) is 20.7. The number of likely N-dealkylation sites (tertiary alicyclic amines) is 1. The number of nitrogens with zero attached hydrogens (tertiary/aromatic N) is 1. The minimum absolute atomic E-state index is 0.533. The fraction of sp³-hybridized carbons (Fsp3) is 1.00. The lowest BCUT2D eigenvalue weighted by Gasteiger charge is -2.34. The van der Waals surface area contributed by atoms with Crippen molar-refractivity contribution in [2.75, 3.05) is 19.6 Å². The topological polar surface area (TPSA) is 3.24 Å². The molecule has 0 N–H and O–H groups in total. The van der Waals surface area contributed by atoms with Crippen LogP contribution in [0.3, 0.4) is 0 Å². The molecule has 0 radical (unpaired) electrons. The predicted octanol–water partition coefficient (Wildman–Crippen LogP) is 2.08. The molecule has 1 saturated heterocycles. The minimum atomic E-state index is -0.533. The van der Waals surface area contributed by atoms with Crippen LogP contribution in [-0.2, 0) is 0 Å². The maximum atomic E-state index is 12.3. The van der Waals surface area contributed by atoms with Gasteiger partial charge in [0.2, 0.25) is 0 Å². The maximum Gasteiger partial charge on any atom is 0.125 e. The Morgan fingerprint density at radius 2 is 2.09 bits per heavy atom. The van der Waals surface area contributed by atoms with Crippen molar-refractivity contribution in [3.8, 4) is 0 Å². The van der Waals surface area contributed by atoms with Crippen LogP contribution in [0.15, 0.2) is 0 Å². The van der Waals surface area contributed by atoms with E-state index in [0.717, 1.165) is 12.5 Å². The molecule has 1 aliphatic rings. The van der Waals surface area contributed by atoms with Gasteiger partial charge < -0.3 is 0 Å². The lowest BCUT2D eigenvalue weighted by molar-refractivity contribution is 0.0636. The summed E-state index contributed by atoms with van der Waals surface area (Å²) in [6.45, 7) is 6.91. The molecule has 1 nitrogen and oxygen atoms in total. The molecule has 0 bridgehead atoms. The highest BCUT2D eigenvalue weighted by Crippen LogP contribution is 2.13. The van der Waals surface area contributed by atoms with Crippen molar-refractivity contribution in [3.63, 3.8) is 0 Å². The van der Waals surface area contributed by atoms with Crippen LogP contribution in [0.2, 0.25) is 0 Å². The molecular formula is C9H18FN. The Balaban J connectivity index is 1.89. The number of halogens is 1. The number of hydrogen-bond donors (Lipinski definition) is 0. The second kappa shape index (κ2) is 4.05. The molecule has 1 aliphatic heterocycles. The monoisotopic (exact) mass is 159 g/mol. The van der Waals surface area contributed by atoms with E-state index in [9.17, 15) is 4.39 Å². The van der Waals surface area contributed by atoms with Gasteiger partial charge in [-0.15, -0.1) is 0 Å². The molecule has 0 saturated carbocycles. The van der Waals surface area contributed by atoms with E-state index < -0.39 is 6.17 Å². The molecular weight excluding hydrogens is 141 g/mol. The third-order valence-electron chi connectivity index (χ3n) is 2.17. The number of hydrogen-bond acceptors (Lipinski definition) is 1. The highest BCUT2D eigenvalue weighted by molar-refractivity contribution is 4.78. The molecule has 11 heavy (non-hydrogen) atoms. The Labute approximate surface area is 68.6 Å². The second-order valence-corrected chi connectivity index (χ2v) is 3.89. The van der Waals surface area contributed by atoms with E-state index in [0.29, 0.717) is 13.1 Å². The van der Waals surface area contributed by atoms with E-state index in [1.807, 2.05) is 0 Å². The molecule has 0 aromatic rings. The van der Waals surface area contributed by atoms with Gasteiger partial charge in [-0.05, 0) is 25.3 Å². The average molecular weight is 159 g/mol. The van der Waals surface area contributed by atoms with E-state index in [2.05, 4.69) is 18.7 Å². The summed E-state index contributed by atoms with van der Waals surface area (Å²) in [5, 5.41) is 0. The van der Waals surface area contributed by atoms with Crippen LogP contribution in [0.5, 0.6) is 0 Å². The molecule has 1 heterocycles. The Kier molecular flexibility index (Phi) is 3.31. The first-order valence-corrected chi connectivity index (χ1v) is 4.55. The largest absolute Gasteiger partial charge is 0.297 e. The van der Waals surface area contributed by atoms with Crippen LogP contribution >= 0.6 is 0 Å². The zero-order valence-corrected chi connectivity index (χ0v) is 7.52. The van der Waals surface area contributed by atoms with E-state index in [1.165, 1.54) is 12.8 Å². The van der Waals surface area contributed by atoms with Crippen LogP contribution in [-0.4, -0.2) is 30.7 Å². The summed E-state index contributed by atoms with van der Waals surface area (Å²) in [6, 6.07) is 0. The van der Waals surface area contributed by atoms with Gasteiger partial charge in [0.25, 0.3) is 0 Å². The van der Waals surface area contributed by atoms with Gasteiger partial charge in [0.05, 0.1) is 0 Å². The Morgan fingerprint density at radius 3 is 2.55 bits per heavy atom. The van der Waals surface area contributed by atoms with Crippen molar-refractivity contribution in [2.45, 2.75) is 32.9 Å². The first-order valence-electron chi connectivity index (χ1n) is 4.55. The van der Waals surface area contributed by atoms with Gasteiger partial charge >= 0.3 is 0 Å². The molecule has 0 aromatic heterocycles. The van der Waals surface area contributed by atoms with Gasteiger partial charge in [0, 0.05) is 13.1 Å². The van der Waals surface area contributed by atoms with Crippen LogP contribution in [0.25, 0.3) is 0 Å². The highest BCUT2D eigenvalue weighted by atomic mass is 19.1. The molecule has 1 fully saturated rings. The van der Waals surface area contributed by atoms with Crippen LogP contribution < -0.4 is 0 Å². The first kappa shape index (κ1) is 8.98. The lowest BCUT2D eigenvalue weighted by atomic mass is 10.1. The van der Waals surface area contributed by atoms with Crippen molar-refractivity contribution in [3.05, 3.63) is 0 Å². The quantitative estimate of drug-likeness (QED) is 0.607. The van der Waals surface area contributed by atoms with Crippen molar-refractivity contribution >= 4 is 0 Å². The molecule has 0 spiro atoms. The summed E-state index contributed by atoms with van der Waals surface area (Å²) in [5.41, 5.74) is 0. The molecule has 0 unspecified atom stereocenters. The van der Waals surface area contributed by atoms with Crippen molar-refractivity contribution in [2.24, 2.45) is 5.92 Å². The van der Waals surface area contributed by atoms with Crippen LogP contribution in [0, 0.1) is 5.92 Å². The summed E-state index contributed by atoms with van der Waals surface area (Å²) in [7, 11) is 0. The van der Waals surface area contributed by atoms with Crippen molar-refractivity contribution in [1.29, 1.82) is 0 Å². The first-order chi connectivity index (χ1) is 5.18. The summed E-state index contributed by atoms with van der Waals surface area (Å²) >= 11 is 0. The van der Waals surface area contributed by atoms with Gasteiger partial charge in [-0.25, -0.2) is 4.39 Å². The van der Waals surface area contributed by atoms with Gasteiger partial charge in [-0.2, -0.15) is 0 Å². The number of rotatable bonds is 4. The predicted molar refractivity (Wildman–Crippen MR) is 45.4 cm³/mol. The smallest absolute Gasteiger partial charge is 0.125 e. The van der Waals surface area contributed by atoms with Crippen LogP contribution in [0.1, 0.15) is 26.7 Å². The van der Waals surface area contributed by atoms with Crippen molar-refractivity contribution in [1.82, 2.24) is 4.90 Å². The van der Waals surface area contributed by atoms with Crippen LogP contribution in [0.4, 0.5) is 4.39 Å². The SMILES string of the molecule is CC(C)CCCN1CC(F)C1. The third-order valence-corrected chi connectivity index (χ3v) is 2.17. The van der Waals surface area contributed by atoms with E-state index >= 15 is 0 Å². The van der Waals surface area contributed by atoms with E-state index in [-0.39, 0.29) is 0 Å². The van der Waals surface area contributed by atoms with Gasteiger partial charge in [0.1, 0.15) is 6.17 Å². The molecule has 0 amide bonds.